The van der Waals surface area contributed by atoms with Crippen molar-refractivity contribution >= 4 is 11.9 Å². The van der Waals surface area contributed by atoms with Crippen molar-refractivity contribution in [2.75, 3.05) is 13.7 Å². The minimum Gasteiger partial charge on any atom is -0.478 e. The number of allylic oxidation sites excluding steroid dienone is 2. The first-order chi connectivity index (χ1) is 8.32. The average molecular weight is 253 g/mol. The molecule has 1 N–H and O–H groups in total. The molecule has 1 atom stereocenters. The summed E-state index contributed by atoms with van der Waals surface area (Å²) in [5.41, 5.74) is 2.05. The van der Waals surface area contributed by atoms with Gasteiger partial charge in [0.1, 0.15) is 0 Å². The summed E-state index contributed by atoms with van der Waals surface area (Å²) in [5.74, 6) is -1.90. The summed E-state index contributed by atoms with van der Waals surface area (Å²) in [5, 5.41) is 9.25. The van der Waals surface area contributed by atoms with Crippen LogP contribution in [-0.2, 0) is 14.3 Å². The molecule has 0 saturated carbocycles. The van der Waals surface area contributed by atoms with Gasteiger partial charge in [0.15, 0.2) is 0 Å². The van der Waals surface area contributed by atoms with Gasteiger partial charge in [0.05, 0.1) is 17.8 Å². The molecule has 0 fully saturated rings. The molecule has 0 amide bonds. The topological polar surface area (TPSA) is 66.8 Å². The molecule has 1 aliphatic heterocycles. The molecule has 1 unspecified atom stereocenters. The number of rotatable bonds is 3. The molecule has 5 heteroatoms. The second kappa shape index (κ2) is 5.25. The van der Waals surface area contributed by atoms with Crippen molar-refractivity contribution in [3.8, 4) is 0 Å². The molecule has 0 aromatic carbocycles. The highest BCUT2D eigenvalue weighted by atomic mass is 16.5. The lowest BCUT2D eigenvalue weighted by Gasteiger charge is -2.33. The Labute approximate surface area is 107 Å². The first-order valence-electron chi connectivity index (χ1n) is 5.88. The molecule has 0 aromatic heterocycles. The predicted molar refractivity (Wildman–Crippen MR) is 66.6 cm³/mol. The zero-order valence-electron chi connectivity index (χ0n) is 11.4. The highest BCUT2D eigenvalue weighted by Gasteiger charge is 2.34. The molecule has 18 heavy (non-hydrogen) atoms. The van der Waals surface area contributed by atoms with E-state index in [1.807, 2.05) is 0 Å². The molecule has 0 saturated heterocycles. The van der Waals surface area contributed by atoms with Gasteiger partial charge < -0.3 is 14.7 Å². The Kier molecular flexibility index (Phi) is 4.16. The van der Waals surface area contributed by atoms with Crippen LogP contribution in [0.1, 0.15) is 27.7 Å². The zero-order valence-corrected chi connectivity index (χ0v) is 11.4. The summed E-state index contributed by atoms with van der Waals surface area (Å²) >= 11 is 0. The van der Waals surface area contributed by atoms with Crippen molar-refractivity contribution < 1.29 is 19.4 Å². The van der Waals surface area contributed by atoms with Crippen LogP contribution in [0, 0.1) is 5.92 Å². The van der Waals surface area contributed by atoms with Crippen LogP contribution in [-0.4, -0.2) is 35.6 Å². The van der Waals surface area contributed by atoms with E-state index in [-0.39, 0.29) is 12.2 Å². The number of carboxylic acid groups (broad SMARTS) is 1. The van der Waals surface area contributed by atoms with E-state index < -0.39 is 17.9 Å². The Bertz CT molecular complexity index is 448. The van der Waals surface area contributed by atoms with Crippen molar-refractivity contribution in [1.82, 2.24) is 4.90 Å². The fourth-order valence-corrected chi connectivity index (χ4v) is 2.26. The van der Waals surface area contributed by atoms with E-state index in [0.717, 1.165) is 5.70 Å². The second-order valence-corrected chi connectivity index (χ2v) is 4.30. The van der Waals surface area contributed by atoms with Gasteiger partial charge in [0.2, 0.25) is 0 Å². The first-order valence-corrected chi connectivity index (χ1v) is 5.88. The fourth-order valence-electron chi connectivity index (χ4n) is 2.26. The number of esters is 1. The summed E-state index contributed by atoms with van der Waals surface area (Å²) in [4.78, 5) is 24.9. The highest BCUT2D eigenvalue weighted by Crippen LogP contribution is 2.34. The van der Waals surface area contributed by atoms with Gasteiger partial charge in [-0.1, -0.05) is 6.92 Å². The molecule has 0 bridgehead atoms. The van der Waals surface area contributed by atoms with Gasteiger partial charge in [0.25, 0.3) is 0 Å². The normalized spacial score (nSPS) is 20.3. The summed E-state index contributed by atoms with van der Waals surface area (Å²) in [6.07, 6.45) is 0. The largest absolute Gasteiger partial charge is 0.478 e. The molecule has 1 aliphatic rings. The van der Waals surface area contributed by atoms with E-state index in [2.05, 4.69) is 0 Å². The molecule has 0 aliphatic carbocycles. The van der Waals surface area contributed by atoms with Crippen LogP contribution >= 0.6 is 0 Å². The lowest BCUT2D eigenvalue weighted by atomic mass is 9.86. The SMILES string of the molecule is CCOC(=O)C1=C(C)N(C)C(C)=C(C(=O)O)C1C. The first kappa shape index (κ1) is 14.3. The summed E-state index contributed by atoms with van der Waals surface area (Å²) < 4.78 is 4.99. The monoisotopic (exact) mass is 253 g/mol. The van der Waals surface area contributed by atoms with Crippen LogP contribution in [0.4, 0.5) is 0 Å². The van der Waals surface area contributed by atoms with Gasteiger partial charge in [0, 0.05) is 24.4 Å². The highest BCUT2D eigenvalue weighted by molar-refractivity contribution is 5.96. The van der Waals surface area contributed by atoms with Crippen molar-refractivity contribution in [2.45, 2.75) is 27.7 Å². The Hall–Kier alpha value is -1.78. The number of carbonyl (C=O) groups excluding carboxylic acids is 1. The van der Waals surface area contributed by atoms with Gasteiger partial charge in [-0.15, -0.1) is 0 Å². The molecule has 0 radical (unpaired) electrons. The van der Waals surface area contributed by atoms with Gasteiger partial charge in [-0.05, 0) is 20.8 Å². The average Bonchev–Trinajstić information content (AvgIpc) is 2.26. The molecule has 5 nitrogen and oxygen atoms in total. The third-order valence-corrected chi connectivity index (χ3v) is 3.38. The lowest BCUT2D eigenvalue weighted by molar-refractivity contribution is -0.139. The van der Waals surface area contributed by atoms with E-state index in [1.165, 1.54) is 0 Å². The number of nitrogens with zero attached hydrogens (tertiary/aromatic N) is 1. The van der Waals surface area contributed by atoms with Crippen molar-refractivity contribution in [2.24, 2.45) is 5.92 Å². The van der Waals surface area contributed by atoms with Crippen LogP contribution in [0.5, 0.6) is 0 Å². The third-order valence-electron chi connectivity index (χ3n) is 3.38. The maximum atomic E-state index is 11.9. The lowest BCUT2D eigenvalue weighted by Crippen LogP contribution is -2.32. The predicted octanol–water partition coefficient (Wildman–Crippen LogP) is 1.76. The third kappa shape index (κ3) is 2.25. The van der Waals surface area contributed by atoms with Gasteiger partial charge >= 0.3 is 11.9 Å². The smallest absolute Gasteiger partial charge is 0.336 e. The van der Waals surface area contributed by atoms with Crippen molar-refractivity contribution in [3.05, 3.63) is 22.5 Å². The molecular formula is C13H19NO4. The molecule has 0 spiro atoms. The van der Waals surface area contributed by atoms with Crippen LogP contribution in [0.2, 0.25) is 0 Å². The van der Waals surface area contributed by atoms with Crippen molar-refractivity contribution in [3.63, 3.8) is 0 Å². The minimum absolute atomic E-state index is 0.242. The molecule has 1 heterocycles. The molecule has 1 rings (SSSR count). The summed E-state index contributed by atoms with van der Waals surface area (Å²) in [6, 6.07) is 0. The molecular weight excluding hydrogens is 234 g/mol. The van der Waals surface area contributed by atoms with Gasteiger partial charge in [-0.25, -0.2) is 9.59 Å². The summed E-state index contributed by atoms with van der Waals surface area (Å²) in [7, 11) is 1.75. The van der Waals surface area contributed by atoms with Crippen LogP contribution in [0.3, 0.4) is 0 Å². The van der Waals surface area contributed by atoms with Crippen LogP contribution in [0.15, 0.2) is 22.5 Å². The number of carboxylic acids is 1. The van der Waals surface area contributed by atoms with Gasteiger partial charge in [-0.2, -0.15) is 0 Å². The van der Waals surface area contributed by atoms with E-state index >= 15 is 0 Å². The molecule has 0 aromatic rings. The van der Waals surface area contributed by atoms with E-state index in [1.54, 1.807) is 39.6 Å². The Morgan fingerprint density at radius 3 is 2.22 bits per heavy atom. The number of ether oxygens (including phenoxy) is 1. The number of hydrogen-bond acceptors (Lipinski definition) is 4. The van der Waals surface area contributed by atoms with E-state index in [0.29, 0.717) is 11.3 Å². The standard InChI is InChI=1S/C13H19NO4/c1-6-18-13(17)11-7(2)10(12(15)16)8(3)14(5)9(11)4/h7H,6H2,1-5H3,(H,15,16). The maximum absolute atomic E-state index is 11.9. The maximum Gasteiger partial charge on any atom is 0.336 e. The van der Waals surface area contributed by atoms with E-state index in [9.17, 15) is 14.7 Å². The number of carbonyl (C=O) groups is 2. The second-order valence-electron chi connectivity index (χ2n) is 4.30. The van der Waals surface area contributed by atoms with Crippen LogP contribution < -0.4 is 0 Å². The van der Waals surface area contributed by atoms with Gasteiger partial charge in [-0.3, -0.25) is 0 Å². The van der Waals surface area contributed by atoms with E-state index in [4.69, 9.17) is 4.74 Å². The minimum atomic E-state index is -0.999. The number of aliphatic carboxylic acids is 1. The summed E-state index contributed by atoms with van der Waals surface area (Å²) in [6.45, 7) is 7.26. The number of hydrogen-bond donors (Lipinski definition) is 1. The quantitative estimate of drug-likeness (QED) is 0.776. The fraction of sp³-hybridized carbons (Fsp3) is 0.538. The zero-order chi connectivity index (χ0) is 14.0. The molecule has 100 valence electrons. The van der Waals surface area contributed by atoms with Crippen LogP contribution in [0.25, 0.3) is 0 Å². The van der Waals surface area contributed by atoms with Crippen molar-refractivity contribution in [1.29, 1.82) is 0 Å². The Morgan fingerprint density at radius 2 is 1.78 bits per heavy atom. The Morgan fingerprint density at radius 1 is 1.28 bits per heavy atom. The Balaban J connectivity index is 3.27.